The van der Waals surface area contributed by atoms with Gasteiger partial charge in [-0.3, -0.25) is 9.78 Å². The molecular weight excluding hydrogens is 266 g/mol. The van der Waals surface area contributed by atoms with Gasteiger partial charge in [0.1, 0.15) is 11.4 Å². The monoisotopic (exact) mass is 279 g/mol. The molecule has 0 aliphatic rings. The van der Waals surface area contributed by atoms with Crippen molar-refractivity contribution in [2.45, 2.75) is 0 Å². The fourth-order valence-corrected chi connectivity index (χ4v) is 1.99. The number of amides is 1. The molecule has 1 N–H and O–H groups in total. The molecule has 1 aromatic carbocycles. The van der Waals surface area contributed by atoms with Gasteiger partial charge >= 0.3 is 0 Å². The van der Waals surface area contributed by atoms with E-state index in [4.69, 9.17) is 4.74 Å². The van der Waals surface area contributed by atoms with Gasteiger partial charge in [-0.1, -0.05) is 6.07 Å². The lowest BCUT2D eigenvalue weighted by Gasteiger charge is -2.06. The highest BCUT2D eigenvalue weighted by Gasteiger charge is 2.09. The van der Waals surface area contributed by atoms with Crippen molar-refractivity contribution in [3.63, 3.8) is 0 Å². The maximum absolute atomic E-state index is 12.2. The fourth-order valence-electron chi connectivity index (χ4n) is 1.99. The van der Waals surface area contributed by atoms with E-state index in [1.54, 1.807) is 37.7 Å². The Hall–Kier alpha value is -2.95. The molecule has 3 aromatic rings. The fraction of sp³-hybridized carbons (Fsp3) is 0.0625. The SMILES string of the molecule is COc1ccc2nc(C(=O)Nc3cccnc3)ccc2c1. The van der Waals surface area contributed by atoms with Crippen LogP contribution in [0.5, 0.6) is 5.75 Å². The molecular formula is C16H13N3O2. The van der Waals surface area contributed by atoms with E-state index in [9.17, 15) is 4.79 Å². The summed E-state index contributed by atoms with van der Waals surface area (Å²) >= 11 is 0. The minimum absolute atomic E-state index is 0.263. The second-order valence-corrected chi connectivity index (χ2v) is 4.45. The van der Waals surface area contributed by atoms with Crippen molar-refractivity contribution < 1.29 is 9.53 Å². The number of carbonyl (C=O) groups excluding carboxylic acids is 1. The summed E-state index contributed by atoms with van der Waals surface area (Å²) in [4.78, 5) is 20.5. The second kappa shape index (κ2) is 5.58. The third-order valence-corrected chi connectivity index (χ3v) is 3.05. The standard InChI is InChI=1S/C16H13N3O2/c1-21-13-5-7-14-11(9-13)4-6-15(19-14)16(20)18-12-3-2-8-17-10-12/h2-10H,1H3,(H,18,20). The van der Waals surface area contributed by atoms with Crippen molar-refractivity contribution in [2.75, 3.05) is 12.4 Å². The molecule has 0 aliphatic heterocycles. The minimum atomic E-state index is -0.263. The van der Waals surface area contributed by atoms with Crippen LogP contribution < -0.4 is 10.1 Å². The Morgan fingerprint density at radius 3 is 2.86 bits per heavy atom. The average molecular weight is 279 g/mol. The molecule has 2 aromatic heterocycles. The van der Waals surface area contributed by atoms with Gasteiger partial charge in [0.25, 0.3) is 5.91 Å². The van der Waals surface area contributed by atoms with Crippen molar-refractivity contribution >= 4 is 22.5 Å². The van der Waals surface area contributed by atoms with Crippen LogP contribution in [-0.4, -0.2) is 23.0 Å². The number of ether oxygens (including phenoxy) is 1. The molecule has 0 aliphatic carbocycles. The molecule has 0 radical (unpaired) electrons. The van der Waals surface area contributed by atoms with Crippen LogP contribution in [0.25, 0.3) is 10.9 Å². The first-order valence-corrected chi connectivity index (χ1v) is 6.42. The lowest BCUT2D eigenvalue weighted by Crippen LogP contribution is -2.13. The zero-order chi connectivity index (χ0) is 14.7. The molecule has 104 valence electrons. The highest BCUT2D eigenvalue weighted by Crippen LogP contribution is 2.19. The molecule has 2 heterocycles. The van der Waals surface area contributed by atoms with E-state index in [-0.39, 0.29) is 5.91 Å². The van der Waals surface area contributed by atoms with Gasteiger partial charge in [0, 0.05) is 11.6 Å². The number of hydrogen-bond acceptors (Lipinski definition) is 4. The van der Waals surface area contributed by atoms with Crippen LogP contribution in [0.4, 0.5) is 5.69 Å². The maximum Gasteiger partial charge on any atom is 0.274 e. The summed E-state index contributed by atoms with van der Waals surface area (Å²) in [5, 5.41) is 3.68. The number of hydrogen-bond donors (Lipinski definition) is 1. The lowest BCUT2D eigenvalue weighted by atomic mass is 10.2. The highest BCUT2D eigenvalue weighted by molar-refractivity contribution is 6.04. The normalized spacial score (nSPS) is 10.3. The van der Waals surface area contributed by atoms with E-state index in [0.717, 1.165) is 16.7 Å². The summed E-state index contributed by atoms with van der Waals surface area (Å²) in [5.41, 5.74) is 1.74. The zero-order valence-electron chi connectivity index (χ0n) is 11.4. The average Bonchev–Trinajstić information content (AvgIpc) is 2.54. The summed E-state index contributed by atoms with van der Waals surface area (Å²) in [6, 6.07) is 12.6. The predicted molar refractivity (Wildman–Crippen MR) is 80.5 cm³/mol. The Morgan fingerprint density at radius 1 is 1.19 bits per heavy atom. The molecule has 0 saturated heterocycles. The van der Waals surface area contributed by atoms with Crippen LogP contribution in [0.3, 0.4) is 0 Å². The third kappa shape index (κ3) is 2.81. The Bertz CT molecular complexity index is 788. The molecule has 5 heteroatoms. The van der Waals surface area contributed by atoms with Gasteiger partial charge in [-0.25, -0.2) is 4.98 Å². The van der Waals surface area contributed by atoms with Crippen molar-refractivity contribution in [3.05, 3.63) is 60.6 Å². The molecule has 5 nitrogen and oxygen atoms in total. The lowest BCUT2D eigenvalue weighted by molar-refractivity contribution is 0.102. The number of nitrogens with one attached hydrogen (secondary N) is 1. The highest BCUT2D eigenvalue weighted by atomic mass is 16.5. The number of nitrogens with zero attached hydrogens (tertiary/aromatic N) is 2. The molecule has 0 atom stereocenters. The largest absolute Gasteiger partial charge is 0.497 e. The summed E-state index contributed by atoms with van der Waals surface area (Å²) in [5.74, 6) is 0.498. The van der Waals surface area contributed by atoms with E-state index in [1.807, 2.05) is 24.3 Å². The first kappa shape index (κ1) is 13.1. The number of benzene rings is 1. The van der Waals surface area contributed by atoms with Crippen molar-refractivity contribution in [1.29, 1.82) is 0 Å². The van der Waals surface area contributed by atoms with Crippen LogP contribution in [0.1, 0.15) is 10.5 Å². The molecule has 21 heavy (non-hydrogen) atoms. The maximum atomic E-state index is 12.2. The van der Waals surface area contributed by atoms with Crippen LogP contribution in [0.15, 0.2) is 54.9 Å². The van der Waals surface area contributed by atoms with Gasteiger partial charge < -0.3 is 10.1 Å². The van der Waals surface area contributed by atoms with E-state index in [0.29, 0.717) is 11.4 Å². The Morgan fingerprint density at radius 2 is 2.10 bits per heavy atom. The van der Waals surface area contributed by atoms with Gasteiger partial charge in [0.15, 0.2) is 0 Å². The van der Waals surface area contributed by atoms with Gasteiger partial charge in [0.2, 0.25) is 0 Å². The Kier molecular flexibility index (Phi) is 3.47. The number of anilines is 1. The van der Waals surface area contributed by atoms with E-state index >= 15 is 0 Å². The quantitative estimate of drug-likeness (QED) is 0.800. The van der Waals surface area contributed by atoms with Crippen molar-refractivity contribution in [3.8, 4) is 5.75 Å². The third-order valence-electron chi connectivity index (χ3n) is 3.05. The zero-order valence-corrected chi connectivity index (χ0v) is 11.4. The molecule has 0 saturated carbocycles. The minimum Gasteiger partial charge on any atom is -0.497 e. The molecule has 0 bridgehead atoms. The molecule has 1 amide bonds. The molecule has 0 spiro atoms. The first-order chi connectivity index (χ1) is 10.3. The van der Waals surface area contributed by atoms with Crippen LogP contribution in [0, 0.1) is 0 Å². The van der Waals surface area contributed by atoms with E-state index < -0.39 is 0 Å². The molecule has 0 fully saturated rings. The van der Waals surface area contributed by atoms with E-state index in [2.05, 4.69) is 15.3 Å². The summed E-state index contributed by atoms with van der Waals surface area (Å²) in [6.45, 7) is 0. The molecule has 0 unspecified atom stereocenters. The number of aromatic nitrogens is 2. The van der Waals surface area contributed by atoms with E-state index in [1.165, 1.54) is 0 Å². The number of carbonyl (C=O) groups is 1. The smallest absolute Gasteiger partial charge is 0.274 e. The van der Waals surface area contributed by atoms with Crippen LogP contribution in [-0.2, 0) is 0 Å². The topological polar surface area (TPSA) is 64.1 Å². The summed E-state index contributed by atoms with van der Waals surface area (Å²) in [7, 11) is 1.62. The summed E-state index contributed by atoms with van der Waals surface area (Å²) < 4.78 is 5.16. The van der Waals surface area contributed by atoms with Gasteiger partial charge in [-0.05, 0) is 36.4 Å². The van der Waals surface area contributed by atoms with Gasteiger partial charge in [-0.15, -0.1) is 0 Å². The number of fused-ring (bicyclic) bond motifs is 1. The second-order valence-electron chi connectivity index (χ2n) is 4.45. The van der Waals surface area contributed by atoms with Gasteiger partial charge in [-0.2, -0.15) is 0 Å². The van der Waals surface area contributed by atoms with Crippen LogP contribution in [0.2, 0.25) is 0 Å². The summed E-state index contributed by atoms with van der Waals surface area (Å²) in [6.07, 6.45) is 3.24. The number of methoxy groups -OCH3 is 1. The predicted octanol–water partition coefficient (Wildman–Crippen LogP) is 2.89. The van der Waals surface area contributed by atoms with Crippen molar-refractivity contribution in [1.82, 2.24) is 9.97 Å². The first-order valence-electron chi connectivity index (χ1n) is 6.42. The Labute approximate surface area is 121 Å². The van der Waals surface area contributed by atoms with Crippen LogP contribution >= 0.6 is 0 Å². The number of pyridine rings is 2. The Balaban J connectivity index is 1.88. The van der Waals surface area contributed by atoms with Crippen molar-refractivity contribution in [2.24, 2.45) is 0 Å². The number of rotatable bonds is 3. The molecule has 3 rings (SSSR count). The van der Waals surface area contributed by atoms with Gasteiger partial charge in [0.05, 0.1) is 24.5 Å².